The number of benzene rings is 2. The summed E-state index contributed by atoms with van der Waals surface area (Å²) in [4.78, 5) is 17.4. The Kier molecular flexibility index (Phi) is 7.41. The van der Waals surface area contributed by atoms with Crippen LogP contribution >= 0.6 is 15.9 Å². The minimum absolute atomic E-state index is 0.208. The Balaban J connectivity index is 1.81. The molecule has 0 aliphatic rings. The highest BCUT2D eigenvalue weighted by molar-refractivity contribution is 9.10. The van der Waals surface area contributed by atoms with E-state index in [1.165, 1.54) is 0 Å². The lowest BCUT2D eigenvalue weighted by Crippen LogP contribution is -2.36. The molecule has 7 heteroatoms. The molecule has 0 bridgehead atoms. The Hall–Kier alpha value is -2.93. The van der Waals surface area contributed by atoms with Crippen LogP contribution in [0.2, 0.25) is 0 Å². The topological polar surface area (TPSA) is 71.3 Å². The number of carbonyl (C=O) groups is 1. The van der Waals surface area contributed by atoms with Gasteiger partial charge in [-0.1, -0.05) is 40.5 Å². The Morgan fingerprint density at radius 2 is 1.93 bits per heavy atom. The fraction of sp³-hybridized carbons (Fsp3) is 0.261. The average molecular weight is 468 g/mol. The number of aliphatic imine (C=N–C) groups is 1. The molecule has 0 aliphatic carbocycles. The summed E-state index contributed by atoms with van der Waals surface area (Å²) in [5.41, 5.74) is 4.43. The molecule has 0 saturated heterocycles. The first-order valence-electron chi connectivity index (χ1n) is 9.92. The number of aryl methyl sites for hydroxylation is 3. The maximum atomic E-state index is 12.8. The number of amides is 1. The Morgan fingerprint density at radius 1 is 1.17 bits per heavy atom. The first-order chi connectivity index (χ1) is 14.4. The van der Waals surface area contributed by atoms with E-state index in [1.54, 1.807) is 6.07 Å². The molecular formula is C23H26BrN5O. The van der Waals surface area contributed by atoms with Crippen molar-refractivity contribution in [1.82, 2.24) is 15.1 Å². The zero-order valence-electron chi connectivity index (χ0n) is 17.4. The smallest absolute Gasteiger partial charge is 0.257 e. The molecular weight excluding hydrogens is 442 g/mol. The van der Waals surface area contributed by atoms with Crippen LogP contribution in [0.25, 0.3) is 0 Å². The van der Waals surface area contributed by atoms with Crippen molar-refractivity contribution >= 4 is 33.5 Å². The number of carbonyl (C=O) groups excluding carboxylic acids is 1. The highest BCUT2D eigenvalue weighted by atomic mass is 79.9. The summed E-state index contributed by atoms with van der Waals surface area (Å²) in [5, 5.41) is 10.6. The van der Waals surface area contributed by atoms with Gasteiger partial charge in [0.15, 0.2) is 0 Å². The molecule has 3 rings (SSSR count). The second-order valence-electron chi connectivity index (χ2n) is 7.12. The van der Waals surface area contributed by atoms with Gasteiger partial charge in [0.05, 0.1) is 12.2 Å². The van der Waals surface area contributed by atoms with E-state index >= 15 is 0 Å². The second-order valence-corrected chi connectivity index (χ2v) is 8.04. The summed E-state index contributed by atoms with van der Waals surface area (Å²) in [5.74, 6) is 0.187. The van der Waals surface area contributed by atoms with Crippen LogP contribution in [-0.4, -0.2) is 21.6 Å². The van der Waals surface area contributed by atoms with Crippen molar-refractivity contribution < 1.29 is 4.79 Å². The molecule has 3 aromatic rings. The van der Waals surface area contributed by atoms with Gasteiger partial charge < -0.3 is 5.32 Å². The zero-order valence-corrected chi connectivity index (χ0v) is 19.0. The third-order valence-corrected chi connectivity index (χ3v) is 5.06. The number of hydrogen-bond donors (Lipinski definition) is 2. The molecule has 0 spiro atoms. The normalized spacial score (nSPS) is 11.4. The molecule has 0 atom stereocenters. The van der Waals surface area contributed by atoms with Gasteiger partial charge >= 0.3 is 0 Å². The molecule has 0 radical (unpaired) electrons. The number of aromatic nitrogens is 2. The van der Waals surface area contributed by atoms with Crippen LogP contribution in [0.4, 0.5) is 5.69 Å². The van der Waals surface area contributed by atoms with Crippen LogP contribution < -0.4 is 10.6 Å². The fourth-order valence-corrected chi connectivity index (χ4v) is 3.23. The van der Waals surface area contributed by atoms with Gasteiger partial charge in [0.25, 0.3) is 5.91 Å². The van der Waals surface area contributed by atoms with E-state index in [4.69, 9.17) is 0 Å². The molecule has 0 unspecified atom stereocenters. The van der Waals surface area contributed by atoms with Gasteiger partial charge in [0.1, 0.15) is 0 Å². The van der Waals surface area contributed by atoms with Gasteiger partial charge in [-0.05, 0) is 56.7 Å². The number of halogens is 1. The second kappa shape index (κ2) is 10.2. The molecule has 2 aromatic carbocycles. The van der Waals surface area contributed by atoms with E-state index in [0.29, 0.717) is 18.1 Å². The lowest BCUT2D eigenvalue weighted by Gasteiger charge is -2.12. The molecule has 0 fully saturated rings. The lowest BCUT2D eigenvalue weighted by molar-refractivity contribution is 0.0977. The molecule has 156 valence electrons. The van der Waals surface area contributed by atoms with E-state index < -0.39 is 0 Å². The number of nitrogens with one attached hydrogen (secondary N) is 2. The zero-order chi connectivity index (χ0) is 21.5. The summed E-state index contributed by atoms with van der Waals surface area (Å²) in [6.07, 6.45) is 3.04. The molecule has 2 N–H and O–H groups in total. The van der Waals surface area contributed by atoms with Crippen LogP contribution in [-0.2, 0) is 13.1 Å². The van der Waals surface area contributed by atoms with E-state index in [9.17, 15) is 4.79 Å². The Bertz CT molecular complexity index is 1040. The molecule has 6 nitrogen and oxygen atoms in total. The van der Waals surface area contributed by atoms with E-state index in [1.807, 2.05) is 67.2 Å². The van der Waals surface area contributed by atoms with Crippen molar-refractivity contribution in [3.63, 3.8) is 0 Å². The summed E-state index contributed by atoms with van der Waals surface area (Å²) < 4.78 is 2.92. The molecule has 1 heterocycles. The minimum Gasteiger partial charge on any atom is -0.326 e. The first-order valence-corrected chi connectivity index (χ1v) is 10.7. The highest BCUT2D eigenvalue weighted by Gasteiger charge is 2.11. The largest absolute Gasteiger partial charge is 0.326 e. The van der Waals surface area contributed by atoms with Crippen molar-refractivity contribution in [3.05, 3.63) is 81.6 Å². The first kappa shape index (κ1) is 21.8. The van der Waals surface area contributed by atoms with Gasteiger partial charge in [0.2, 0.25) is 5.96 Å². The Labute approximate surface area is 185 Å². The number of guanidine groups is 1. The molecule has 1 amide bonds. The SMILES string of the molecule is CCCn1cc(CN=C(NC(=O)c2cccc(C)c2)Nc2ccc(Br)cc2)c(C)n1. The predicted molar refractivity (Wildman–Crippen MR) is 125 cm³/mol. The summed E-state index contributed by atoms with van der Waals surface area (Å²) in [7, 11) is 0. The van der Waals surface area contributed by atoms with Crippen LogP contribution in [0, 0.1) is 13.8 Å². The summed E-state index contributed by atoms with van der Waals surface area (Å²) in [6.45, 7) is 7.35. The van der Waals surface area contributed by atoms with Gasteiger partial charge in [-0.2, -0.15) is 5.10 Å². The third kappa shape index (κ3) is 6.03. The molecule has 0 aliphatic heterocycles. The van der Waals surface area contributed by atoms with Gasteiger partial charge in [-0.15, -0.1) is 0 Å². The number of rotatable bonds is 6. The average Bonchev–Trinajstić information content (AvgIpc) is 3.07. The summed E-state index contributed by atoms with van der Waals surface area (Å²) in [6, 6.07) is 15.2. The summed E-state index contributed by atoms with van der Waals surface area (Å²) >= 11 is 3.44. The van der Waals surface area contributed by atoms with Crippen molar-refractivity contribution in [1.29, 1.82) is 0 Å². The molecule has 0 saturated carbocycles. The van der Waals surface area contributed by atoms with Gasteiger partial charge in [0, 0.05) is 34.0 Å². The minimum atomic E-state index is -0.208. The fourth-order valence-electron chi connectivity index (χ4n) is 2.97. The van der Waals surface area contributed by atoms with E-state index in [0.717, 1.165) is 39.9 Å². The third-order valence-electron chi connectivity index (χ3n) is 4.53. The van der Waals surface area contributed by atoms with Crippen molar-refractivity contribution in [3.8, 4) is 0 Å². The molecule has 30 heavy (non-hydrogen) atoms. The number of hydrogen-bond acceptors (Lipinski definition) is 3. The number of nitrogens with zero attached hydrogens (tertiary/aromatic N) is 3. The van der Waals surface area contributed by atoms with Gasteiger partial charge in [-0.3, -0.25) is 14.8 Å². The Morgan fingerprint density at radius 3 is 2.63 bits per heavy atom. The predicted octanol–water partition coefficient (Wildman–Crippen LogP) is 5.07. The van der Waals surface area contributed by atoms with Crippen molar-refractivity contribution in [2.75, 3.05) is 5.32 Å². The van der Waals surface area contributed by atoms with Crippen LogP contribution in [0.1, 0.15) is 40.5 Å². The van der Waals surface area contributed by atoms with Crippen LogP contribution in [0.15, 0.2) is 64.2 Å². The lowest BCUT2D eigenvalue weighted by atomic mass is 10.1. The maximum absolute atomic E-state index is 12.8. The van der Waals surface area contributed by atoms with E-state index in [2.05, 4.69) is 43.6 Å². The molecule has 1 aromatic heterocycles. The maximum Gasteiger partial charge on any atom is 0.257 e. The standard InChI is InChI=1S/C23H26BrN5O/c1-4-12-29-15-19(17(3)28-29)14-25-23(26-21-10-8-20(24)9-11-21)27-22(30)18-7-5-6-16(2)13-18/h5-11,13,15H,4,12,14H2,1-3H3,(H2,25,26,27,30). The van der Waals surface area contributed by atoms with E-state index in [-0.39, 0.29) is 5.91 Å². The van der Waals surface area contributed by atoms with Crippen molar-refractivity contribution in [2.45, 2.75) is 40.3 Å². The highest BCUT2D eigenvalue weighted by Crippen LogP contribution is 2.15. The number of anilines is 1. The quantitative estimate of drug-likeness (QED) is 0.392. The van der Waals surface area contributed by atoms with Crippen molar-refractivity contribution in [2.24, 2.45) is 4.99 Å². The van der Waals surface area contributed by atoms with Crippen LogP contribution in [0.5, 0.6) is 0 Å². The van der Waals surface area contributed by atoms with Gasteiger partial charge in [-0.25, -0.2) is 4.99 Å². The monoisotopic (exact) mass is 467 g/mol. The van der Waals surface area contributed by atoms with Crippen LogP contribution in [0.3, 0.4) is 0 Å².